The second kappa shape index (κ2) is 4.84. The molecule has 1 aliphatic rings. The van der Waals surface area contributed by atoms with E-state index < -0.39 is 0 Å². The molecule has 0 bridgehead atoms. The minimum atomic E-state index is -0.0707. The van der Waals surface area contributed by atoms with Gasteiger partial charge in [0.05, 0.1) is 18.0 Å². The maximum atomic E-state index is 11.7. The Balaban J connectivity index is 1.91. The third-order valence-electron chi connectivity index (χ3n) is 2.48. The van der Waals surface area contributed by atoms with Gasteiger partial charge in [-0.25, -0.2) is 0 Å². The molecule has 15 heavy (non-hydrogen) atoms. The van der Waals surface area contributed by atoms with Crippen molar-refractivity contribution in [3.05, 3.63) is 24.0 Å². The monoisotopic (exact) mass is 206 g/mol. The Morgan fingerprint density at radius 2 is 2.47 bits per heavy atom. The summed E-state index contributed by atoms with van der Waals surface area (Å²) in [5.74, 6) is -0.0707. The van der Waals surface area contributed by atoms with Crippen molar-refractivity contribution in [3.8, 4) is 0 Å². The van der Waals surface area contributed by atoms with E-state index in [0.717, 1.165) is 25.9 Å². The lowest BCUT2D eigenvalue weighted by atomic mass is 10.1. The molecule has 0 aromatic carbocycles. The Kier molecular flexibility index (Phi) is 3.24. The van der Waals surface area contributed by atoms with Gasteiger partial charge in [0.1, 0.15) is 0 Å². The normalized spacial score (nSPS) is 20.9. The van der Waals surface area contributed by atoms with E-state index >= 15 is 0 Å². The first-order chi connectivity index (χ1) is 7.36. The lowest BCUT2D eigenvalue weighted by Gasteiger charge is -2.23. The Hall–Kier alpha value is -1.49. The van der Waals surface area contributed by atoms with Gasteiger partial charge in [-0.15, -0.1) is 0 Å². The number of rotatable bonds is 2. The number of nitrogens with zero attached hydrogens (tertiary/aromatic N) is 2. The van der Waals surface area contributed by atoms with E-state index in [-0.39, 0.29) is 11.9 Å². The van der Waals surface area contributed by atoms with Gasteiger partial charge in [0.15, 0.2) is 0 Å². The van der Waals surface area contributed by atoms with E-state index in [4.69, 9.17) is 0 Å². The molecule has 0 radical (unpaired) electrons. The number of carbonyl (C=O) groups excluding carboxylic acids is 1. The maximum Gasteiger partial charge on any atom is 0.253 e. The van der Waals surface area contributed by atoms with Crippen LogP contribution in [0, 0.1) is 0 Å². The summed E-state index contributed by atoms with van der Waals surface area (Å²) in [6.45, 7) is 1.90. The van der Waals surface area contributed by atoms with E-state index in [0.29, 0.717) is 5.56 Å². The summed E-state index contributed by atoms with van der Waals surface area (Å²) in [6, 6.07) is 1.90. The summed E-state index contributed by atoms with van der Waals surface area (Å²) in [5.41, 5.74) is 0.565. The first-order valence-electron chi connectivity index (χ1n) is 5.14. The van der Waals surface area contributed by atoms with Crippen molar-refractivity contribution in [2.75, 3.05) is 13.1 Å². The highest BCUT2D eigenvalue weighted by Crippen LogP contribution is 2.03. The molecule has 1 amide bonds. The van der Waals surface area contributed by atoms with Crippen LogP contribution in [-0.4, -0.2) is 35.2 Å². The number of carbonyl (C=O) groups is 1. The average Bonchev–Trinajstić information content (AvgIpc) is 2.31. The molecule has 1 fully saturated rings. The van der Waals surface area contributed by atoms with E-state index in [1.54, 1.807) is 6.07 Å². The predicted octanol–water partition coefficient (Wildman–Crippen LogP) is -0.0416. The van der Waals surface area contributed by atoms with Crippen LogP contribution < -0.4 is 10.6 Å². The molecule has 80 valence electrons. The average molecular weight is 206 g/mol. The molecule has 5 nitrogen and oxygen atoms in total. The molecule has 2 N–H and O–H groups in total. The van der Waals surface area contributed by atoms with Crippen LogP contribution in [0.5, 0.6) is 0 Å². The molecule has 1 atom stereocenters. The number of hydrogen-bond acceptors (Lipinski definition) is 4. The van der Waals surface area contributed by atoms with Gasteiger partial charge in [-0.05, 0) is 25.5 Å². The van der Waals surface area contributed by atoms with Gasteiger partial charge in [-0.3, -0.25) is 4.79 Å². The molecule has 0 saturated carbocycles. The molecular formula is C10H14N4O. The Labute approximate surface area is 88.3 Å². The summed E-state index contributed by atoms with van der Waals surface area (Å²) >= 11 is 0. The zero-order valence-corrected chi connectivity index (χ0v) is 8.44. The van der Waals surface area contributed by atoms with Crippen molar-refractivity contribution in [2.24, 2.45) is 0 Å². The molecular weight excluding hydrogens is 192 g/mol. The van der Waals surface area contributed by atoms with Gasteiger partial charge < -0.3 is 10.6 Å². The largest absolute Gasteiger partial charge is 0.348 e. The topological polar surface area (TPSA) is 66.9 Å². The van der Waals surface area contributed by atoms with Gasteiger partial charge in [0.25, 0.3) is 5.91 Å². The van der Waals surface area contributed by atoms with Gasteiger partial charge in [-0.1, -0.05) is 0 Å². The molecule has 2 heterocycles. The smallest absolute Gasteiger partial charge is 0.253 e. The number of piperidine rings is 1. The van der Waals surface area contributed by atoms with Crippen LogP contribution in [0.2, 0.25) is 0 Å². The van der Waals surface area contributed by atoms with Crippen molar-refractivity contribution in [1.82, 2.24) is 20.8 Å². The van der Waals surface area contributed by atoms with Gasteiger partial charge in [-0.2, -0.15) is 10.2 Å². The van der Waals surface area contributed by atoms with Crippen LogP contribution in [-0.2, 0) is 0 Å². The van der Waals surface area contributed by atoms with Gasteiger partial charge in [0.2, 0.25) is 0 Å². The van der Waals surface area contributed by atoms with Crippen LogP contribution in [0.15, 0.2) is 18.5 Å². The van der Waals surface area contributed by atoms with E-state index in [1.165, 1.54) is 12.4 Å². The fraction of sp³-hybridized carbons (Fsp3) is 0.500. The van der Waals surface area contributed by atoms with Crippen LogP contribution in [0.4, 0.5) is 0 Å². The van der Waals surface area contributed by atoms with E-state index in [1.807, 2.05) is 0 Å². The standard InChI is InChI=1S/C10H14N4O/c15-10(8-3-5-12-13-6-8)14-9-2-1-4-11-7-9/h3,5-6,9,11H,1-2,4,7H2,(H,14,15). The maximum absolute atomic E-state index is 11.7. The Morgan fingerprint density at radius 1 is 1.53 bits per heavy atom. The summed E-state index contributed by atoms with van der Waals surface area (Å²) < 4.78 is 0. The zero-order chi connectivity index (χ0) is 10.5. The summed E-state index contributed by atoms with van der Waals surface area (Å²) in [7, 11) is 0. The van der Waals surface area contributed by atoms with E-state index in [2.05, 4.69) is 20.8 Å². The molecule has 5 heteroatoms. The fourth-order valence-electron chi connectivity index (χ4n) is 1.67. The summed E-state index contributed by atoms with van der Waals surface area (Å²) in [4.78, 5) is 11.7. The molecule has 0 aliphatic carbocycles. The number of hydrogen-bond donors (Lipinski definition) is 2. The number of amides is 1. The minimum absolute atomic E-state index is 0.0707. The molecule has 1 unspecified atom stereocenters. The molecule has 0 spiro atoms. The fourth-order valence-corrected chi connectivity index (χ4v) is 1.67. The quantitative estimate of drug-likeness (QED) is 0.712. The summed E-state index contributed by atoms with van der Waals surface area (Å²) in [5, 5.41) is 13.5. The highest BCUT2D eigenvalue weighted by Gasteiger charge is 2.15. The molecule has 1 aromatic heterocycles. The minimum Gasteiger partial charge on any atom is -0.348 e. The van der Waals surface area contributed by atoms with Crippen LogP contribution in [0.1, 0.15) is 23.2 Å². The zero-order valence-electron chi connectivity index (χ0n) is 8.44. The number of nitrogens with one attached hydrogen (secondary N) is 2. The first kappa shape index (κ1) is 10.0. The second-order valence-electron chi connectivity index (χ2n) is 3.65. The molecule has 1 saturated heterocycles. The van der Waals surface area contributed by atoms with Crippen molar-refractivity contribution >= 4 is 5.91 Å². The van der Waals surface area contributed by atoms with Crippen molar-refractivity contribution in [2.45, 2.75) is 18.9 Å². The highest BCUT2D eigenvalue weighted by atomic mass is 16.1. The predicted molar refractivity (Wildman–Crippen MR) is 55.4 cm³/mol. The van der Waals surface area contributed by atoms with Crippen LogP contribution >= 0.6 is 0 Å². The van der Waals surface area contributed by atoms with Crippen molar-refractivity contribution in [1.29, 1.82) is 0 Å². The molecule has 1 aromatic rings. The van der Waals surface area contributed by atoms with Gasteiger partial charge >= 0.3 is 0 Å². The Morgan fingerprint density at radius 3 is 3.13 bits per heavy atom. The van der Waals surface area contributed by atoms with Crippen molar-refractivity contribution in [3.63, 3.8) is 0 Å². The van der Waals surface area contributed by atoms with Gasteiger partial charge in [0, 0.05) is 12.6 Å². The third-order valence-corrected chi connectivity index (χ3v) is 2.48. The third kappa shape index (κ3) is 2.73. The molecule has 1 aliphatic heterocycles. The summed E-state index contributed by atoms with van der Waals surface area (Å²) in [6.07, 6.45) is 5.15. The highest BCUT2D eigenvalue weighted by molar-refractivity contribution is 5.93. The van der Waals surface area contributed by atoms with Crippen LogP contribution in [0.25, 0.3) is 0 Å². The SMILES string of the molecule is O=C(NC1CCCNC1)c1ccnnc1. The lowest BCUT2D eigenvalue weighted by Crippen LogP contribution is -2.45. The number of aromatic nitrogens is 2. The Bertz CT molecular complexity index is 321. The van der Waals surface area contributed by atoms with E-state index in [9.17, 15) is 4.79 Å². The van der Waals surface area contributed by atoms with Crippen LogP contribution in [0.3, 0.4) is 0 Å². The van der Waals surface area contributed by atoms with Crippen molar-refractivity contribution < 1.29 is 4.79 Å². The second-order valence-corrected chi connectivity index (χ2v) is 3.65. The first-order valence-corrected chi connectivity index (χ1v) is 5.14. The lowest BCUT2D eigenvalue weighted by molar-refractivity contribution is 0.0930. The molecule has 2 rings (SSSR count).